The molecule has 0 atom stereocenters. The van der Waals surface area contributed by atoms with Gasteiger partial charge in [-0.15, -0.1) is 0 Å². The molecule has 0 fully saturated rings. The Bertz CT molecular complexity index is 752. The molecular formula is C16H12O3. The molecule has 3 heteroatoms. The molecule has 3 rings (SSSR count). The lowest BCUT2D eigenvalue weighted by molar-refractivity contribution is 0.475. The minimum Gasteiger partial charge on any atom is -0.508 e. The van der Waals surface area contributed by atoms with E-state index in [0.29, 0.717) is 11.3 Å². The maximum absolute atomic E-state index is 9.64. The van der Waals surface area contributed by atoms with Crippen LogP contribution >= 0.6 is 0 Å². The van der Waals surface area contributed by atoms with Gasteiger partial charge in [0.15, 0.2) is 0 Å². The molecule has 0 radical (unpaired) electrons. The molecule has 0 aliphatic rings. The van der Waals surface area contributed by atoms with Crippen molar-refractivity contribution in [2.24, 2.45) is 0 Å². The summed E-state index contributed by atoms with van der Waals surface area (Å²) in [4.78, 5) is 0. The number of rotatable bonds is 2. The lowest BCUT2D eigenvalue weighted by atomic mass is 10.1. The molecule has 0 saturated heterocycles. The summed E-state index contributed by atoms with van der Waals surface area (Å²) in [7, 11) is 0. The first-order valence-electron chi connectivity index (χ1n) is 5.86. The van der Waals surface area contributed by atoms with Crippen molar-refractivity contribution >= 4 is 17.0 Å². The lowest BCUT2D eigenvalue weighted by Gasteiger charge is -1.98. The van der Waals surface area contributed by atoms with E-state index in [1.54, 1.807) is 42.5 Å². The Kier molecular flexibility index (Phi) is 2.53. The van der Waals surface area contributed by atoms with Crippen LogP contribution in [0.25, 0.3) is 28.4 Å². The largest absolute Gasteiger partial charge is 0.508 e. The molecule has 19 heavy (non-hydrogen) atoms. The van der Waals surface area contributed by atoms with Gasteiger partial charge in [0.05, 0.1) is 0 Å². The first-order valence-corrected chi connectivity index (χ1v) is 5.86. The molecule has 1 heterocycles. The van der Waals surface area contributed by atoms with Crippen molar-refractivity contribution < 1.29 is 14.6 Å². The number of furan rings is 1. The van der Waals surface area contributed by atoms with Crippen LogP contribution in [0, 0.1) is 0 Å². The first-order chi connectivity index (χ1) is 9.17. The van der Waals surface area contributed by atoms with Gasteiger partial charge in [-0.2, -0.15) is 0 Å². The Morgan fingerprint density at radius 3 is 2.37 bits per heavy atom. The van der Waals surface area contributed by atoms with Gasteiger partial charge in [0.25, 0.3) is 0 Å². The fourth-order valence-electron chi connectivity index (χ4n) is 2.08. The van der Waals surface area contributed by atoms with Crippen molar-refractivity contribution in [1.29, 1.82) is 0 Å². The van der Waals surface area contributed by atoms with Crippen molar-refractivity contribution in [3.8, 4) is 22.8 Å². The highest BCUT2D eigenvalue weighted by Crippen LogP contribution is 2.33. The summed E-state index contributed by atoms with van der Waals surface area (Å²) in [6, 6.07) is 11.9. The van der Waals surface area contributed by atoms with Crippen LogP contribution in [0.15, 0.2) is 53.5 Å². The number of benzene rings is 2. The maximum Gasteiger partial charge on any atom is 0.142 e. The van der Waals surface area contributed by atoms with E-state index >= 15 is 0 Å². The van der Waals surface area contributed by atoms with Crippen molar-refractivity contribution in [2.45, 2.75) is 0 Å². The van der Waals surface area contributed by atoms with Gasteiger partial charge >= 0.3 is 0 Å². The van der Waals surface area contributed by atoms with Gasteiger partial charge in [-0.3, -0.25) is 0 Å². The molecule has 2 N–H and O–H groups in total. The van der Waals surface area contributed by atoms with E-state index in [4.69, 9.17) is 4.42 Å². The predicted molar refractivity (Wildman–Crippen MR) is 75.1 cm³/mol. The van der Waals surface area contributed by atoms with E-state index in [2.05, 4.69) is 6.58 Å². The number of fused-ring (bicyclic) bond motifs is 1. The summed E-state index contributed by atoms with van der Waals surface area (Å²) < 4.78 is 5.81. The van der Waals surface area contributed by atoms with E-state index < -0.39 is 0 Å². The minimum absolute atomic E-state index is 0.181. The highest BCUT2D eigenvalue weighted by molar-refractivity contribution is 5.90. The molecule has 94 valence electrons. The summed E-state index contributed by atoms with van der Waals surface area (Å²) in [5.74, 6) is 1.08. The predicted octanol–water partition coefficient (Wildman–Crippen LogP) is 4.15. The second-order valence-electron chi connectivity index (χ2n) is 4.31. The van der Waals surface area contributed by atoms with E-state index in [-0.39, 0.29) is 11.5 Å². The third kappa shape index (κ3) is 1.95. The Morgan fingerprint density at radius 1 is 0.947 bits per heavy atom. The molecule has 0 aliphatic heterocycles. The fraction of sp³-hybridized carbons (Fsp3) is 0. The topological polar surface area (TPSA) is 53.6 Å². The average Bonchev–Trinajstić information content (AvgIpc) is 2.82. The standard InChI is InChI=1S/C16H12O3/c1-2-10-7-14(18)8-12-9-15(19-16(10)12)11-3-5-13(17)6-4-11/h2-9,17-18H,1H2. The number of phenolic OH excluding ortho intramolecular Hbond substituents is 2. The number of hydrogen-bond acceptors (Lipinski definition) is 3. The van der Waals surface area contributed by atoms with Crippen molar-refractivity contribution in [3.05, 3.63) is 54.6 Å². The summed E-state index contributed by atoms with van der Waals surface area (Å²) in [6.45, 7) is 3.71. The first kappa shape index (κ1) is 11.4. The molecule has 0 bridgehead atoms. The van der Waals surface area contributed by atoms with Crippen LogP contribution in [0.1, 0.15) is 5.56 Å². The summed E-state index contributed by atoms with van der Waals surface area (Å²) >= 11 is 0. The zero-order chi connectivity index (χ0) is 13.4. The zero-order valence-corrected chi connectivity index (χ0v) is 10.1. The van der Waals surface area contributed by atoms with E-state index in [0.717, 1.165) is 16.5 Å². The molecular weight excluding hydrogens is 240 g/mol. The van der Waals surface area contributed by atoms with Crippen LogP contribution in [0.4, 0.5) is 0 Å². The van der Waals surface area contributed by atoms with Gasteiger partial charge in [-0.1, -0.05) is 12.7 Å². The minimum atomic E-state index is 0.181. The smallest absolute Gasteiger partial charge is 0.142 e. The summed E-state index contributed by atoms with van der Waals surface area (Å²) in [6.07, 6.45) is 1.64. The zero-order valence-electron chi connectivity index (χ0n) is 10.1. The molecule has 0 aliphatic carbocycles. The molecule has 2 aromatic carbocycles. The van der Waals surface area contributed by atoms with E-state index in [9.17, 15) is 10.2 Å². The van der Waals surface area contributed by atoms with Gasteiger partial charge in [-0.05, 0) is 42.5 Å². The third-order valence-electron chi connectivity index (χ3n) is 3.00. The normalized spacial score (nSPS) is 10.7. The van der Waals surface area contributed by atoms with Gasteiger partial charge in [0, 0.05) is 16.5 Å². The molecule has 0 spiro atoms. The molecule has 0 amide bonds. The monoisotopic (exact) mass is 252 g/mol. The van der Waals surface area contributed by atoms with Crippen molar-refractivity contribution in [1.82, 2.24) is 0 Å². The number of phenols is 2. The molecule has 3 aromatic rings. The second kappa shape index (κ2) is 4.21. The van der Waals surface area contributed by atoms with Crippen LogP contribution < -0.4 is 0 Å². The Labute approximate surface area is 110 Å². The second-order valence-corrected chi connectivity index (χ2v) is 4.31. The molecule has 0 unspecified atom stereocenters. The maximum atomic E-state index is 9.64. The SMILES string of the molecule is C=Cc1cc(O)cc2cc(-c3ccc(O)cc3)oc12. The molecule has 3 nitrogen and oxygen atoms in total. The summed E-state index contributed by atoms with van der Waals surface area (Å²) in [5.41, 5.74) is 2.31. The van der Waals surface area contributed by atoms with Crippen molar-refractivity contribution in [2.75, 3.05) is 0 Å². The Morgan fingerprint density at radius 2 is 1.68 bits per heavy atom. The van der Waals surface area contributed by atoms with Crippen LogP contribution in [0.2, 0.25) is 0 Å². The van der Waals surface area contributed by atoms with Gasteiger partial charge in [0.1, 0.15) is 22.8 Å². The molecule has 0 saturated carbocycles. The Balaban J connectivity index is 2.21. The lowest BCUT2D eigenvalue weighted by Crippen LogP contribution is -1.73. The van der Waals surface area contributed by atoms with E-state index in [1.807, 2.05) is 6.07 Å². The van der Waals surface area contributed by atoms with Crippen LogP contribution in [-0.4, -0.2) is 10.2 Å². The Hall–Kier alpha value is -2.68. The number of aromatic hydroxyl groups is 2. The van der Waals surface area contributed by atoms with Gasteiger partial charge in [0.2, 0.25) is 0 Å². The van der Waals surface area contributed by atoms with E-state index in [1.165, 1.54) is 0 Å². The van der Waals surface area contributed by atoms with Gasteiger partial charge in [-0.25, -0.2) is 0 Å². The highest BCUT2D eigenvalue weighted by Gasteiger charge is 2.10. The third-order valence-corrected chi connectivity index (χ3v) is 3.00. The van der Waals surface area contributed by atoms with Crippen LogP contribution in [0.3, 0.4) is 0 Å². The van der Waals surface area contributed by atoms with Crippen molar-refractivity contribution in [3.63, 3.8) is 0 Å². The van der Waals surface area contributed by atoms with Gasteiger partial charge < -0.3 is 14.6 Å². The highest BCUT2D eigenvalue weighted by atomic mass is 16.3. The number of hydrogen-bond donors (Lipinski definition) is 2. The average molecular weight is 252 g/mol. The quantitative estimate of drug-likeness (QED) is 0.720. The fourth-order valence-corrected chi connectivity index (χ4v) is 2.08. The molecule has 1 aromatic heterocycles. The van der Waals surface area contributed by atoms with Crippen LogP contribution in [-0.2, 0) is 0 Å². The summed E-state index contributed by atoms with van der Waals surface area (Å²) in [5, 5.41) is 19.7. The van der Waals surface area contributed by atoms with Crippen LogP contribution in [0.5, 0.6) is 11.5 Å².